The molecule has 0 unspecified atom stereocenters. The Morgan fingerprint density at radius 2 is 2.42 bits per heavy atom. The summed E-state index contributed by atoms with van der Waals surface area (Å²) in [5.41, 5.74) is 0. The molecule has 70 valence electrons. The van der Waals surface area contributed by atoms with E-state index in [1.807, 2.05) is 0 Å². The Morgan fingerprint density at radius 3 is 3.17 bits per heavy atom. The standard InChI is InChI=1S/C9H18N2O/c1-12-5-4-11-6-8-2-3-10-9(8)7-11/h8-10H,2-7H2,1H3/t8-,9+/m0/s1. The van der Waals surface area contributed by atoms with Crippen molar-refractivity contribution in [3.63, 3.8) is 0 Å². The van der Waals surface area contributed by atoms with Gasteiger partial charge in [0.1, 0.15) is 0 Å². The fraction of sp³-hybridized carbons (Fsp3) is 1.00. The van der Waals surface area contributed by atoms with Gasteiger partial charge in [0, 0.05) is 32.8 Å². The highest BCUT2D eigenvalue weighted by molar-refractivity contribution is 4.93. The third-order valence-corrected chi connectivity index (χ3v) is 3.05. The number of methoxy groups -OCH3 is 1. The summed E-state index contributed by atoms with van der Waals surface area (Å²) in [5, 5.41) is 3.54. The molecule has 2 saturated heterocycles. The summed E-state index contributed by atoms with van der Waals surface area (Å²) < 4.78 is 5.06. The molecule has 0 aliphatic carbocycles. The van der Waals surface area contributed by atoms with E-state index in [0.29, 0.717) is 0 Å². The second-order valence-electron chi connectivity index (χ2n) is 3.86. The van der Waals surface area contributed by atoms with Crippen molar-refractivity contribution in [2.24, 2.45) is 5.92 Å². The van der Waals surface area contributed by atoms with Gasteiger partial charge in [-0.2, -0.15) is 0 Å². The smallest absolute Gasteiger partial charge is 0.0589 e. The second-order valence-corrected chi connectivity index (χ2v) is 3.86. The van der Waals surface area contributed by atoms with Crippen LogP contribution in [-0.4, -0.2) is 50.8 Å². The maximum absolute atomic E-state index is 5.06. The number of hydrogen-bond donors (Lipinski definition) is 1. The zero-order valence-corrected chi connectivity index (χ0v) is 7.75. The lowest BCUT2D eigenvalue weighted by Crippen LogP contribution is -2.31. The molecule has 3 heteroatoms. The van der Waals surface area contributed by atoms with Crippen LogP contribution in [0.1, 0.15) is 6.42 Å². The Kier molecular flexibility index (Phi) is 2.63. The summed E-state index contributed by atoms with van der Waals surface area (Å²) >= 11 is 0. The molecule has 0 amide bonds. The second kappa shape index (κ2) is 3.73. The number of nitrogens with one attached hydrogen (secondary N) is 1. The number of ether oxygens (including phenoxy) is 1. The third-order valence-electron chi connectivity index (χ3n) is 3.05. The molecule has 3 nitrogen and oxygen atoms in total. The molecule has 0 bridgehead atoms. The van der Waals surface area contributed by atoms with Crippen molar-refractivity contribution in [1.82, 2.24) is 10.2 Å². The van der Waals surface area contributed by atoms with E-state index < -0.39 is 0 Å². The fourth-order valence-corrected chi connectivity index (χ4v) is 2.34. The largest absolute Gasteiger partial charge is 0.383 e. The van der Waals surface area contributed by atoms with Gasteiger partial charge in [-0.25, -0.2) is 0 Å². The molecular formula is C9H18N2O. The lowest BCUT2D eigenvalue weighted by Gasteiger charge is -2.15. The van der Waals surface area contributed by atoms with E-state index in [1.54, 1.807) is 7.11 Å². The third kappa shape index (κ3) is 1.63. The molecule has 0 spiro atoms. The maximum atomic E-state index is 5.06. The molecule has 0 saturated carbocycles. The van der Waals surface area contributed by atoms with Gasteiger partial charge < -0.3 is 10.1 Å². The Labute approximate surface area is 74.1 Å². The highest BCUT2D eigenvalue weighted by Gasteiger charge is 2.35. The van der Waals surface area contributed by atoms with Crippen LogP contribution in [0, 0.1) is 5.92 Å². The summed E-state index contributed by atoms with van der Waals surface area (Å²) in [5.74, 6) is 0.918. The van der Waals surface area contributed by atoms with Gasteiger partial charge in [-0.05, 0) is 18.9 Å². The van der Waals surface area contributed by atoms with Crippen LogP contribution in [-0.2, 0) is 4.74 Å². The van der Waals surface area contributed by atoms with Crippen LogP contribution in [0.25, 0.3) is 0 Å². The molecular weight excluding hydrogens is 152 g/mol. The Hall–Kier alpha value is -0.120. The Bertz CT molecular complexity index is 139. The van der Waals surface area contributed by atoms with Crippen molar-refractivity contribution in [2.45, 2.75) is 12.5 Å². The van der Waals surface area contributed by atoms with Gasteiger partial charge in [0.05, 0.1) is 6.61 Å². The first-order valence-corrected chi connectivity index (χ1v) is 4.85. The Morgan fingerprint density at radius 1 is 1.50 bits per heavy atom. The van der Waals surface area contributed by atoms with Gasteiger partial charge in [0.25, 0.3) is 0 Å². The zero-order chi connectivity index (χ0) is 8.39. The van der Waals surface area contributed by atoms with E-state index >= 15 is 0 Å². The molecule has 2 fully saturated rings. The lowest BCUT2D eigenvalue weighted by atomic mass is 10.1. The SMILES string of the molecule is COCCN1C[C@@H]2CCN[C@@H]2C1. The molecule has 1 N–H and O–H groups in total. The monoisotopic (exact) mass is 170 g/mol. The van der Waals surface area contributed by atoms with Gasteiger partial charge >= 0.3 is 0 Å². The van der Waals surface area contributed by atoms with Crippen molar-refractivity contribution < 1.29 is 4.74 Å². The number of fused-ring (bicyclic) bond motifs is 1. The predicted octanol–water partition coefficient (Wildman–Crippen LogP) is -0.0735. The molecule has 0 aromatic rings. The molecule has 0 radical (unpaired) electrons. The van der Waals surface area contributed by atoms with Crippen LogP contribution < -0.4 is 5.32 Å². The molecule has 0 aromatic heterocycles. The average molecular weight is 170 g/mol. The van der Waals surface area contributed by atoms with E-state index in [-0.39, 0.29) is 0 Å². The van der Waals surface area contributed by atoms with Gasteiger partial charge in [-0.1, -0.05) is 0 Å². The number of likely N-dealkylation sites (tertiary alicyclic amines) is 1. The van der Waals surface area contributed by atoms with Crippen LogP contribution in [0.3, 0.4) is 0 Å². The normalized spacial score (nSPS) is 35.8. The summed E-state index contributed by atoms with van der Waals surface area (Å²) in [7, 11) is 1.77. The van der Waals surface area contributed by atoms with Crippen molar-refractivity contribution in [2.75, 3.05) is 39.9 Å². The van der Waals surface area contributed by atoms with E-state index in [1.165, 1.54) is 26.1 Å². The van der Waals surface area contributed by atoms with Crippen molar-refractivity contribution in [3.8, 4) is 0 Å². The van der Waals surface area contributed by atoms with Crippen LogP contribution >= 0.6 is 0 Å². The van der Waals surface area contributed by atoms with Crippen LogP contribution in [0.5, 0.6) is 0 Å². The summed E-state index contributed by atoms with van der Waals surface area (Å²) in [6.07, 6.45) is 1.37. The molecule has 2 rings (SSSR count). The molecule has 2 heterocycles. The number of rotatable bonds is 3. The highest BCUT2D eigenvalue weighted by Crippen LogP contribution is 2.23. The minimum absolute atomic E-state index is 0.779. The van der Waals surface area contributed by atoms with Crippen molar-refractivity contribution in [3.05, 3.63) is 0 Å². The van der Waals surface area contributed by atoms with Crippen LogP contribution in [0.15, 0.2) is 0 Å². The number of hydrogen-bond acceptors (Lipinski definition) is 3. The van der Waals surface area contributed by atoms with Crippen LogP contribution in [0.4, 0.5) is 0 Å². The van der Waals surface area contributed by atoms with Crippen molar-refractivity contribution in [1.29, 1.82) is 0 Å². The molecule has 2 aliphatic heterocycles. The quantitative estimate of drug-likeness (QED) is 0.641. The topological polar surface area (TPSA) is 24.5 Å². The van der Waals surface area contributed by atoms with Gasteiger partial charge in [-0.3, -0.25) is 4.90 Å². The molecule has 0 aromatic carbocycles. The first-order valence-electron chi connectivity index (χ1n) is 4.85. The molecule has 2 atom stereocenters. The zero-order valence-electron chi connectivity index (χ0n) is 7.75. The van der Waals surface area contributed by atoms with E-state index in [4.69, 9.17) is 4.74 Å². The highest BCUT2D eigenvalue weighted by atomic mass is 16.5. The summed E-state index contributed by atoms with van der Waals surface area (Å²) in [6.45, 7) is 5.72. The maximum Gasteiger partial charge on any atom is 0.0589 e. The van der Waals surface area contributed by atoms with Gasteiger partial charge in [0.2, 0.25) is 0 Å². The molecule has 12 heavy (non-hydrogen) atoms. The lowest BCUT2D eigenvalue weighted by molar-refractivity contribution is 0.157. The van der Waals surface area contributed by atoms with Gasteiger partial charge in [-0.15, -0.1) is 0 Å². The Balaban J connectivity index is 1.75. The van der Waals surface area contributed by atoms with Gasteiger partial charge in [0.15, 0.2) is 0 Å². The van der Waals surface area contributed by atoms with Crippen LogP contribution in [0.2, 0.25) is 0 Å². The van der Waals surface area contributed by atoms with Crippen molar-refractivity contribution >= 4 is 0 Å². The minimum atomic E-state index is 0.779. The average Bonchev–Trinajstić information content (AvgIpc) is 2.58. The fourth-order valence-electron chi connectivity index (χ4n) is 2.34. The first-order chi connectivity index (χ1) is 5.90. The predicted molar refractivity (Wildman–Crippen MR) is 48.2 cm³/mol. The van der Waals surface area contributed by atoms with E-state index in [0.717, 1.165) is 25.1 Å². The summed E-state index contributed by atoms with van der Waals surface area (Å²) in [4.78, 5) is 2.50. The first kappa shape index (κ1) is 8.48. The molecule has 2 aliphatic rings. The van der Waals surface area contributed by atoms with E-state index in [2.05, 4.69) is 10.2 Å². The number of nitrogens with zero attached hydrogens (tertiary/aromatic N) is 1. The minimum Gasteiger partial charge on any atom is -0.383 e. The summed E-state index contributed by atoms with van der Waals surface area (Å²) in [6, 6.07) is 0.779. The van der Waals surface area contributed by atoms with E-state index in [9.17, 15) is 0 Å².